The maximum absolute atomic E-state index is 14.4. The van der Waals surface area contributed by atoms with Gasteiger partial charge in [-0.1, -0.05) is 36.4 Å². The van der Waals surface area contributed by atoms with Crippen molar-refractivity contribution in [1.82, 2.24) is 15.3 Å². The predicted molar refractivity (Wildman–Crippen MR) is 128 cm³/mol. The number of carbonyl (C=O) groups is 1. The third-order valence-corrected chi connectivity index (χ3v) is 7.23. The van der Waals surface area contributed by atoms with Gasteiger partial charge in [-0.3, -0.25) is 4.79 Å². The Hall–Kier alpha value is -3.06. The molecule has 7 heteroatoms. The fourth-order valence-corrected chi connectivity index (χ4v) is 5.65. The molecule has 1 amide bonds. The molecular weight excluding hydrogens is 423 g/mol. The van der Waals surface area contributed by atoms with Gasteiger partial charge >= 0.3 is 0 Å². The minimum atomic E-state index is -0.259. The minimum absolute atomic E-state index is 0.0726. The van der Waals surface area contributed by atoms with E-state index in [4.69, 9.17) is 0 Å². The van der Waals surface area contributed by atoms with Gasteiger partial charge in [-0.2, -0.15) is 0 Å². The third kappa shape index (κ3) is 4.17. The van der Waals surface area contributed by atoms with Crippen LogP contribution >= 0.6 is 11.3 Å². The highest BCUT2D eigenvalue weighted by molar-refractivity contribution is 7.26. The molecule has 0 saturated carbocycles. The molecule has 1 unspecified atom stereocenters. The zero-order valence-electron chi connectivity index (χ0n) is 17.8. The number of anilines is 1. The fraction of sp³-hybridized carbons (Fsp3) is 0.320. The van der Waals surface area contributed by atoms with E-state index in [1.165, 1.54) is 29.3 Å². The molecule has 1 aliphatic rings. The van der Waals surface area contributed by atoms with Crippen LogP contribution in [0.15, 0.2) is 54.9 Å². The highest BCUT2D eigenvalue weighted by Gasteiger charge is 2.28. The number of amides is 1. The molecule has 0 radical (unpaired) electrons. The van der Waals surface area contributed by atoms with Crippen LogP contribution in [0.1, 0.15) is 24.8 Å². The quantitative estimate of drug-likeness (QED) is 0.424. The van der Waals surface area contributed by atoms with Crippen molar-refractivity contribution in [2.45, 2.75) is 25.7 Å². The van der Waals surface area contributed by atoms with Crippen LogP contribution in [0.4, 0.5) is 10.2 Å². The largest absolute Gasteiger partial charge is 0.356 e. The van der Waals surface area contributed by atoms with Crippen molar-refractivity contribution in [3.8, 4) is 0 Å². The number of piperidine rings is 1. The monoisotopic (exact) mass is 448 g/mol. The summed E-state index contributed by atoms with van der Waals surface area (Å²) < 4.78 is 16.2. The Morgan fingerprint density at radius 1 is 1.16 bits per heavy atom. The van der Waals surface area contributed by atoms with Crippen molar-refractivity contribution in [3.63, 3.8) is 0 Å². The molecule has 3 heterocycles. The maximum Gasteiger partial charge on any atom is 0.224 e. The molecule has 1 saturated heterocycles. The molecule has 0 aliphatic carbocycles. The van der Waals surface area contributed by atoms with Crippen LogP contribution in [0.25, 0.3) is 20.3 Å². The summed E-state index contributed by atoms with van der Waals surface area (Å²) in [4.78, 5) is 23.9. The number of rotatable bonds is 6. The number of hydrogen-bond donors (Lipinski definition) is 1. The Bertz CT molecular complexity index is 1240. The van der Waals surface area contributed by atoms with Gasteiger partial charge < -0.3 is 10.2 Å². The lowest BCUT2D eigenvalue weighted by atomic mass is 9.97. The van der Waals surface area contributed by atoms with Gasteiger partial charge in [-0.15, -0.1) is 11.3 Å². The van der Waals surface area contributed by atoms with Gasteiger partial charge in [0.25, 0.3) is 0 Å². The molecule has 0 spiro atoms. The molecular formula is C25H25FN4OS. The second kappa shape index (κ2) is 9.20. The number of nitrogens with zero attached hydrogens (tertiary/aromatic N) is 3. The summed E-state index contributed by atoms with van der Waals surface area (Å²) in [6, 6.07) is 15.4. The fourth-order valence-electron chi connectivity index (χ4n) is 4.47. The minimum Gasteiger partial charge on any atom is -0.356 e. The topological polar surface area (TPSA) is 58.1 Å². The van der Waals surface area contributed by atoms with E-state index in [9.17, 15) is 9.18 Å². The normalized spacial score (nSPS) is 16.5. The molecule has 2 aromatic carbocycles. The number of carbonyl (C=O) groups excluding carboxylic acids is 1. The highest BCUT2D eigenvalue weighted by atomic mass is 32.1. The molecule has 5 nitrogen and oxygen atoms in total. The van der Waals surface area contributed by atoms with Gasteiger partial charge in [0, 0.05) is 24.3 Å². The summed E-state index contributed by atoms with van der Waals surface area (Å²) in [6.45, 7) is 2.13. The number of nitrogens with one attached hydrogen (secondary N) is 1. The zero-order valence-corrected chi connectivity index (χ0v) is 18.6. The number of fused-ring (bicyclic) bond motifs is 3. The smallest absolute Gasteiger partial charge is 0.224 e. The molecule has 0 bridgehead atoms. The Kier molecular flexibility index (Phi) is 5.99. The van der Waals surface area contributed by atoms with Crippen LogP contribution in [0.3, 0.4) is 0 Å². The molecule has 1 N–H and O–H groups in total. The lowest BCUT2D eigenvalue weighted by molar-refractivity contribution is -0.125. The van der Waals surface area contributed by atoms with Gasteiger partial charge in [0.1, 0.15) is 18.0 Å². The van der Waals surface area contributed by atoms with Gasteiger partial charge in [-0.25, -0.2) is 14.4 Å². The van der Waals surface area contributed by atoms with Crippen LogP contribution in [0.2, 0.25) is 0 Å². The predicted octanol–water partition coefficient (Wildman–Crippen LogP) is 4.95. The van der Waals surface area contributed by atoms with Crippen molar-refractivity contribution < 1.29 is 9.18 Å². The van der Waals surface area contributed by atoms with Crippen LogP contribution in [0, 0.1) is 11.7 Å². The van der Waals surface area contributed by atoms with Crippen LogP contribution in [-0.4, -0.2) is 35.5 Å². The number of benzene rings is 2. The van der Waals surface area contributed by atoms with Crippen LogP contribution in [-0.2, 0) is 11.2 Å². The Morgan fingerprint density at radius 3 is 2.91 bits per heavy atom. The lowest BCUT2D eigenvalue weighted by Gasteiger charge is -2.33. The number of aryl methyl sites for hydroxylation is 1. The summed E-state index contributed by atoms with van der Waals surface area (Å²) in [5.74, 6) is 0.578. The molecule has 164 valence electrons. The molecule has 4 aromatic rings. The van der Waals surface area contributed by atoms with Crippen molar-refractivity contribution in [3.05, 3.63) is 66.2 Å². The summed E-state index contributed by atoms with van der Waals surface area (Å²) in [6.07, 6.45) is 5.18. The Labute approximate surface area is 190 Å². The number of aromatic nitrogens is 2. The molecule has 1 aliphatic heterocycles. The van der Waals surface area contributed by atoms with Crippen molar-refractivity contribution in [2.24, 2.45) is 5.92 Å². The first-order chi connectivity index (χ1) is 15.7. The van der Waals surface area contributed by atoms with E-state index in [-0.39, 0.29) is 17.6 Å². The first kappa shape index (κ1) is 20.8. The van der Waals surface area contributed by atoms with E-state index < -0.39 is 0 Å². The van der Waals surface area contributed by atoms with Gasteiger partial charge in [0.05, 0.1) is 21.5 Å². The van der Waals surface area contributed by atoms with E-state index in [2.05, 4.69) is 32.3 Å². The second-order valence-corrected chi connectivity index (χ2v) is 9.31. The van der Waals surface area contributed by atoms with Crippen LogP contribution in [0.5, 0.6) is 0 Å². The first-order valence-corrected chi connectivity index (χ1v) is 11.9. The van der Waals surface area contributed by atoms with Crippen molar-refractivity contribution in [2.75, 3.05) is 24.5 Å². The SMILES string of the molecule is O=C(NCCCc1ccccc1)C1CCCN(c2ncnc3c2sc2cccc(F)c23)C1. The standard InChI is InChI=1S/C25H25FN4OS/c26-19-11-4-12-20-21(19)22-23(32-20)24(29-16-28-22)30-14-6-10-18(15-30)25(31)27-13-5-9-17-7-2-1-3-8-17/h1-4,7-8,11-12,16,18H,5-6,9-10,13-15H2,(H,27,31). The van der Waals surface area contributed by atoms with E-state index in [1.807, 2.05) is 24.3 Å². The average molecular weight is 449 g/mol. The van der Waals surface area contributed by atoms with E-state index >= 15 is 0 Å². The second-order valence-electron chi connectivity index (χ2n) is 8.26. The molecule has 2 aromatic heterocycles. The summed E-state index contributed by atoms with van der Waals surface area (Å²) >= 11 is 1.51. The van der Waals surface area contributed by atoms with Gasteiger partial charge in [0.15, 0.2) is 0 Å². The lowest BCUT2D eigenvalue weighted by Crippen LogP contribution is -2.43. The third-order valence-electron chi connectivity index (χ3n) is 6.09. The maximum atomic E-state index is 14.4. The summed E-state index contributed by atoms with van der Waals surface area (Å²) in [7, 11) is 0. The van der Waals surface area contributed by atoms with Gasteiger partial charge in [-0.05, 0) is 43.4 Å². The zero-order chi connectivity index (χ0) is 21.9. The van der Waals surface area contributed by atoms with E-state index in [0.717, 1.165) is 47.4 Å². The van der Waals surface area contributed by atoms with Gasteiger partial charge in [0.2, 0.25) is 5.91 Å². The Balaban J connectivity index is 1.27. The molecule has 5 rings (SSSR count). The number of halogens is 1. The first-order valence-electron chi connectivity index (χ1n) is 11.1. The molecule has 1 fully saturated rings. The number of thiophene rings is 1. The van der Waals surface area contributed by atoms with E-state index in [0.29, 0.717) is 24.0 Å². The van der Waals surface area contributed by atoms with Crippen LogP contribution < -0.4 is 10.2 Å². The van der Waals surface area contributed by atoms with Crippen molar-refractivity contribution >= 4 is 43.4 Å². The average Bonchev–Trinajstić information content (AvgIpc) is 3.22. The highest BCUT2D eigenvalue weighted by Crippen LogP contribution is 2.39. The number of hydrogen-bond acceptors (Lipinski definition) is 5. The molecule has 1 atom stereocenters. The Morgan fingerprint density at radius 2 is 2.03 bits per heavy atom. The molecule has 32 heavy (non-hydrogen) atoms. The summed E-state index contributed by atoms with van der Waals surface area (Å²) in [5.41, 5.74) is 1.94. The van der Waals surface area contributed by atoms with E-state index in [1.54, 1.807) is 6.07 Å². The summed E-state index contributed by atoms with van der Waals surface area (Å²) in [5, 5.41) is 3.67. The van der Waals surface area contributed by atoms with Crippen molar-refractivity contribution in [1.29, 1.82) is 0 Å².